The van der Waals surface area contributed by atoms with Crippen LogP contribution < -0.4 is 15.8 Å². The highest BCUT2D eigenvalue weighted by molar-refractivity contribution is 5.99. The molecule has 2 amide bonds. The summed E-state index contributed by atoms with van der Waals surface area (Å²) in [6, 6.07) is 9.40. The van der Waals surface area contributed by atoms with Crippen LogP contribution in [0.5, 0.6) is 0 Å². The topological polar surface area (TPSA) is 101 Å². The molecule has 0 saturated carbocycles. The predicted molar refractivity (Wildman–Crippen MR) is 103 cm³/mol. The van der Waals surface area contributed by atoms with Crippen molar-refractivity contribution in [2.45, 2.75) is 19.3 Å². The first-order valence-electron chi connectivity index (χ1n) is 9.08. The highest BCUT2D eigenvalue weighted by atomic mass is 16.5. The highest BCUT2D eigenvalue weighted by Crippen LogP contribution is 2.17. The van der Waals surface area contributed by atoms with E-state index in [1.165, 1.54) is 44.0 Å². The summed E-state index contributed by atoms with van der Waals surface area (Å²) in [6.45, 7) is 1.95. The fourth-order valence-electron chi connectivity index (χ4n) is 2.96. The molecule has 0 bridgehead atoms. The smallest absolute Gasteiger partial charge is 0.337 e. The van der Waals surface area contributed by atoms with E-state index in [1.807, 2.05) is 6.07 Å². The maximum atomic E-state index is 12.2. The number of amides is 2. The van der Waals surface area contributed by atoms with Gasteiger partial charge in [-0.3, -0.25) is 20.4 Å². The van der Waals surface area contributed by atoms with Gasteiger partial charge in [0.1, 0.15) is 5.82 Å². The van der Waals surface area contributed by atoms with E-state index in [0.717, 1.165) is 31.7 Å². The lowest BCUT2D eigenvalue weighted by molar-refractivity contribution is 0.0600. The van der Waals surface area contributed by atoms with E-state index in [-0.39, 0.29) is 0 Å². The van der Waals surface area contributed by atoms with Gasteiger partial charge in [0.15, 0.2) is 0 Å². The first kappa shape index (κ1) is 19.3. The fraction of sp³-hybridized carbons (Fsp3) is 0.300. The molecule has 8 nitrogen and oxygen atoms in total. The van der Waals surface area contributed by atoms with Crippen molar-refractivity contribution in [1.82, 2.24) is 15.8 Å². The van der Waals surface area contributed by atoms with Gasteiger partial charge in [-0.25, -0.2) is 9.78 Å². The van der Waals surface area contributed by atoms with Gasteiger partial charge >= 0.3 is 5.97 Å². The minimum Gasteiger partial charge on any atom is -0.465 e. The molecule has 2 aromatic rings. The van der Waals surface area contributed by atoms with Crippen LogP contribution in [0.4, 0.5) is 5.82 Å². The minimum atomic E-state index is -0.498. The van der Waals surface area contributed by atoms with Crippen molar-refractivity contribution in [2.24, 2.45) is 0 Å². The lowest BCUT2D eigenvalue weighted by atomic mass is 10.1. The lowest BCUT2D eigenvalue weighted by Gasteiger charge is -2.27. The van der Waals surface area contributed by atoms with Crippen molar-refractivity contribution in [2.75, 3.05) is 25.1 Å². The van der Waals surface area contributed by atoms with Gasteiger partial charge in [-0.1, -0.05) is 0 Å². The zero-order chi connectivity index (χ0) is 19.9. The van der Waals surface area contributed by atoms with Crippen LogP contribution in [0.25, 0.3) is 0 Å². The summed E-state index contributed by atoms with van der Waals surface area (Å²) in [5, 5.41) is 0. The van der Waals surface area contributed by atoms with Crippen LogP contribution >= 0.6 is 0 Å². The summed E-state index contributed by atoms with van der Waals surface area (Å²) in [5.74, 6) is -0.591. The Morgan fingerprint density at radius 1 is 0.857 bits per heavy atom. The van der Waals surface area contributed by atoms with Crippen LogP contribution in [0, 0.1) is 0 Å². The predicted octanol–water partition coefficient (Wildman–Crippen LogP) is 1.93. The number of ether oxygens (including phenoxy) is 1. The molecule has 0 unspecified atom stereocenters. The Hall–Kier alpha value is -3.42. The molecule has 1 aliphatic rings. The molecule has 0 spiro atoms. The van der Waals surface area contributed by atoms with Gasteiger partial charge in [0.2, 0.25) is 0 Å². The number of pyridine rings is 1. The second kappa shape index (κ2) is 8.98. The number of esters is 1. The maximum Gasteiger partial charge on any atom is 0.337 e. The van der Waals surface area contributed by atoms with Gasteiger partial charge in [0.25, 0.3) is 11.8 Å². The van der Waals surface area contributed by atoms with E-state index in [4.69, 9.17) is 0 Å². The van der Waals surface area contributed by atoms with Crippen molar-refractivity contribution in [3.63, 3.8) is 0 Å². The number of aromatic nitrogens is 1. The maximum absolute atomic E-state index is 12.2. The number of anilines is 1. The van der Waals surface area contributed by atoms with Crippen molar-refractivity contribution in [3.05, 3.63) is 59.3 Å². The summed E-state index contributed by atoms with van der Waals surface area (Å²) in [7, 11) is 1.28. The highest BCUT2D eigenvalue weighted by Gasteiger charge is 2.14. The molecule has 1 saturated heterocycles. The van der Waals surface area contributed by atoms with Gasteiger partial charge in [-0.15, -0.1) is 0 Å². The molecule has 28 heavy (non-hydrogen) atoms. The van der Waals surface area contributed by atoms with Crippen molar-refractivity contribution in [1.29, 1.82) is 0 Å². The molecule has 2 heterocycles. The Bertz CT molecular complexity index is 844. The average Bonchev–Trinajstić information content (AvgIpc) is 2.77. The van der Waals surface area contributed by atoms with Crippen LogP contribution in [0.15, 0.2) is 42.6 Å². The molecule has 8 heteroatoms. The Morgan fingerprint density at radius 2 is 1.43 bits per heavy atom. The van der Waals surface area contributed by atoms with Crippen molar-refractivity contribution >= 4 is 23.6 Å². The molecule has 3 rings (SSSR count). The Kier molecular flexibility index (Phi) is 6.21. The third-order valence-electron chi connectivity index (χ3n) is 4.55. The van der Waals surface area contributed by atoms with Crippen LogP contribution in [0.3, 0.4) is 0 Å². The normalized spacial score (nSPS) is 13.5. The number of carbonyl (C=O) groups is 3. The fourth-order valence-corrected chi connectivity index (χ4v) is 2.96. The number of hydrogen-bond donors (Lipinski definition) is 2. The summed E-state index contributed by atoms with van der Waals surface area (Å²) < 4.78 is 4.61. The molecule has 2 N–H and O–H groups in total. The first-order valence-corrected chi connectivity index (χ1v) is 9.08. The van der Waals surface area contributed by atoms with E-state index < -0.39 is 17.8 Å². The van der Waals surface area contributed by atoms with Gasteiger partial charge in [-0.05, 0) is 55.7 Å². The van der Waals surface area contributed by atoms with E-state index >= 15 is 0 Å². The zero-order valence-electron chi connectivity index (χ0n) is 15.6. The SMILES string of the molecule is COC(=O)c1ccc(C(=O)NNC(=O)c2ccc(N3CCCCC3)nc2)cc1. The number of carbonyl (C=O) groups excluding carboxylic acids is 3. The summed E-state index contributed by atoms with van der Waals surface area (Å²) >= 11 is 0. The Morgan fingerprint density at radius 3 is 2.00 bits per heavy atom. The van der Waals surface area contributed by atoms with E-state index in [1.54, 1.807) is 6.07 Å². The molecule has 0 radical (unpaired) electrons. The third-order valence-corrected chi connectivity index (χ3v) is 4.55. The number of hydrazine groups is 1. The van der Waals surface area contributed by atoms with Crippen LogP contribution in [0.1, 0.15) is 50.3 Å². The van der Waals surface area contributed by atoms with Crippen LogP contribution in [-0.4, -0.2) is 43.0 Å². The van der Waals surface area contributed by atoms with Crippen LogP contribution in [-0.2, 0) is 4.74 Å². The Labute approximate surface area is 162 Å². The van der Waals surface area contributed by atoms with E-state index in [9.17, 15) is 14.4 Å². The van der Waals surface area contributed by atoms with E-state index in [0.29, 0.717) is 16.7 Å². The number of methoxy groups -OCH3 is 1. The number of piperidine rings is 1. The number of hydrogen-bond acceptors (Lipinski definition) is 6. The molecular formula is C20H22N4O4. The Balaban J connectivity index is 1.54. The van der Waals surface area contributed by atoms with Gasteiger partial charge in [-0.2, -0.15) is 0 Å². The van der Waals surface area contributed by atoms with Crippen LogP contribution in [0.2, 0.25) is 0 Å². The second-order valence-corrected chi connectivity index (χ2v) is 6.43. The van der Waals surface area contributed by atoms with E-state index in [2.05, 4.69) is 25.5 Å². The number of rotatable bonds is 4. The van der Waals surface area contributed by atoms with Gasteiger partial charge < -0.3 is 9.64 Å². The molecule has 0 aliphatic carbocycles. The molecule has 1 aliphatic heterocycles. The molecule has 1 fully saturated rings. The summed E-state index contributed by atoms with van der Waals surface area (Å²) in [6.07, 6.45) is 5.03. The molecule has 146 valence electrons. The molecule has 1 aromatic carbocycles. The minimum absolute atomic E-state index is 0.298. The summed E-state index contributed by atoms with van der Waals surface area (Å²) in [4.78, 5) is 42.3. The largest absolute Gasteiger partial charge is 0.465 e. The second-order valence-electron chi connectivity index (χ2n) is 6.43. The number of nitrogens with one attached hydrogen (secondary N) is 2. The summed E-state index contributed by atoms with van der Waals surface area (Å²) in [5.41, 5.74) is 5.69. The van der Waals surface area contributed by atoms with Gasteiger partial charge in [0.05, 0.1) is 18.2 Å². The third kappa shape index (κ3) is 4.64. The molecular weight excluding hydrogens is 360 g/mol. The standard InChI is InChI=1S/C20H22N4O4/c1-28-20(27)15-7-5-14(6-8-15)18(25)22-23-19(26)16-9-10-17(21-13-16)24-11-3-2-4-12-24/h5-10,13H,2-4,11-12H2,1H3,(H,22,25)(H,23,26). The molecule has 0 atom stereocenters. The van der Waals surface area contributed by atoms with Crippen molar-refractivity contribution < 1.29 is 19.1 Å². The quantitative estimate of drug-likeness (QED) is 0.619. The number of benzene rings is 1. The first-order chi connectivity index (χ1) is 13.6. The zero-order valence-corrected chi connectivity index (χ0v) is 15.6. The lowest BCUT2D eigenvalue weighted by Crippen LogP contribution is -2.41. The number of nitrogens with zero attached hydrogens (tertiary/aromatic N) is 2. The monoisotopic (exact) mass is 382 g/mol. The van der Waals surface area contributed by atoms with Crippen molar-refractivity contribution in [3.8, 4) is 0 Å². The van der Waals surface area contributed by atoms with Gasteiger partial charge in [0, 0.05) is 24.8 Å². The average molecular weight is 382 g/mol. The molecule has 1 aromatic heterocycles.